The first-order chi connectivity index (χ1) is 11.4. The molecule has 5 heteroatoms. The highest BCUT2D eigenvalue weighted by Gasteiger charge is 2.26. The average Bonchev–Trinajstić information content (AvgIpc) is 3.28. The van der Waals surface area contributed by atoms with Crippen molar-refractivity contribution in [2.45, 2.75) is 57.0 Å². The molecule has 3 heterocycles. The van der Waals surface area contributed by atoms with Crippen LogP contribution in [0, 0.1) is 0 Å². The Labute approximate surface area is 148 Å². The van der Waals surface area contributed by atoms with Crippen LogP contribution in [0.2, 0.25) is 0 Å². The second-order valence-electron chi connectivity index (χ2n) is 7.31. The molecule has 0 atom stereocenters. The summed E-state index contributed by atoms with van der Waals surface area (Å²) >= 11 is 4.03. The number of rotatable bonds is 4. The molecule has 4 rings (SSSR count). The van der Waals surface area contributed by atoms with Gasteiger partial charge in [0, 0.05) is 61.6 Å². The number of likely N-dealkylation sites (tertiary alicyclic amines) is 1. The highest BCUT2D eigenvalue weighted by atomic mass is 32.2. The second-order valence-corrected chi connectivity index (χ2v) is 9.43. The molecule has 3 fully saturated rings. The molecule has 1 aromatic rings. The molecule has 3 aliphatic rings. The third-order valence-electron chi connectivity index (χ3n) is 5.78. The van der Waals surface area contributed by atoms with E-state index in [0.29, 0.717) is 0 Å². The minimum atomic E-state index is 0.774. The van der Waals surface area contributed by atoms with Crippen LogP contribution in [0.3, 0.4) is 0 Å². The van der Waals surface area contributed by atoms with Gasteiger partial charge in [-0.2, -0.15) is 11.8 Å². The molecule has 0 spiro atoms. The van der Waals surface area contributed by atoms with E-state index in [1.807, 2.05) is 11.3 Å². The number of piperidine rings is 1. The SMILES string of the molecule is c1sc(C2CCCC2)nc1CN1CCC(N2CCSCC2)CC1. The third-order valence-corrected chi connectivity index (χ3v) is 7.78. The van der Waals surface area contributed by atoms with Gasteiger partial charge in [-0.3, -0.25) is 9.80 Å². The summed E-state index contributed by atoms with van der Waals surface area (Å²) in [5.74, 6) is 3.45. The Kier molecular flexibility index (Phi) is 5.59. The predicted octanol–water partition coefficient (Wildman–Crippen LogP) is 3.81. The zero-order valence-corrected chi connectivity index (χ0v) is 15.7. The number of thioether (sulfide) groups is 1. The maximum Gasteiger partial charge on any atom is 0.0959 e. The lowest BCUT2D eigenvalue weighted by Crippen LogP contribution is -2.47. The van der Waals surface area contributed by atoms with Crippen LogP contribution in [-0.2, 0) is 6.54 Å². The quantitative estimate of drug-likeness (QED) is 0.821. The van der Waals surface area contributed by atoms with Crippen molar-refractivity contribution in [3.63, 3.8) is 0 Å². The minimum absolute atomic E-state index is 0.774. The van der Waals surface area contributed by atoms with Gasteiger partial charge in [0.25, 0.3) is 0 Å². The Morgan fingerprint density at radius 3 is 2.48 bits per heavy atom. The number of thiazole rings is 1. The summed E-state index contributed by atoms with van der Waals surface area (Å²) < 4.78 is 0. The normalized spacial score (nSPS) is 26.1. The molecule has 1 aromatic heterocycles. The maximum absolute atomic E-state index is 4.96. The van der Waals surface area contributed by atoms with E-state index in [4.69, 9.17) is 4.98 Å². The maximum atomic E-state index is 4.96. The Hall–Kier alpha value is -0.100. The Balaban J connectivity index is 1.26. The summed E-state index contributed by atoms with van der Waals surface area (Å²) in [6.07, 6.45) is 8.25. The molecule has 1 saturated carbocycles. The molecule has 0 aromatic carbocycles. The summed E-state index contributed by atoms with van der Waals surface area (Å²) in [5.41, 5.74) is 1.32. The van der Waals surface area contributed by atoms with Crippen LogP contribution in [0.15, 0.2) is 5.38 Å². The van der Waals surface area contributed by atoms with Gasteiger partial charge in [-0.1, -0.05) is 12.8 Å². The van der Waals surface area contributed by atoms with Crippen molar-refractivity contribution in [3.05, 3.63) is 16.1 Å². The van der Waals surface area contributed by atoms with Crippen molar-refractivity contribution < 1.29 is 0 Å². The second kappa shape index (κ2) is 7.85. The number of nitrogens with zero attached hydrogens (tertiary/aromatic N) is 3. The lowest BCUT2D eigenvalue weighted by molar-refractivity contribution is 0.112. The number of aromatic nitrogens is 1. The largest absolute Gasteiger partial charge is 0.299 e. The van der Waals surface area contributed by atoms with Gasteiger partial charge >= 0.3 is 0 Å². The van der Waals surface area contributed by atoms with Crippen LogP contribution in [0.5, 0.6) is 0 Å². The first-order valence-corrected chi connectivity index (χ1v) is 11.4. The summed E-state index contributed by atoms with van der Waals surface area (Å²) in [5, 5.41) is 3.74. The van der Waals surface area contributed by atoms with Crippen molar-refractivity contribution in [1.82, 2.24) is 14.8 Å². The Bertz CT molecular complexity index is 484. The van der Waals surface area contributed by atoms with E-state index in [0.717, 1.165) is 18.5 Å². The smallest absolute Gasteiger partial charge is 0.0959 e. The summed E-state index contributed by atoms with van der Waals surface area (Å²) in [6.45, 7) is 6.21. The van der Waals surface area contributed by atoms with Crippen LogP contribution in [0.4, 0.5) is 0 Å². The summed E-state index contributed by atoms with van der Waals surface area (Å²) in [4.78, 5) is 10.3. The van der Waals surface area contributed by atoms with Crippen LogP contribution in [0.1, 0.15) is 55.1 Å². The van der Waals surface area contributed by atoms with E-state index in [-0.39, 0.29) is 0 Å². The van der Waals surface area contributed by atoms with Crippen LogP contribution in [-0.4, -0.2) is 58.5 Å². The Morgan fingerprint density at radius 2 is 1.74 bits per heavy atom. The fraction of sp³-hybridized carbons (Fsp3) is 0.833. The van der Waals surface area contributed by atoms with Gasteiger partial charge in [-0.25, -0.2) is 4.98 Å². The highest BCUT2D eigenvalue weighted by molar-refractivity contribution is 7.99. The van der Waals surface area contributed by atoms with Gasteiger partial charge in [0.15, 0.2) is 0 Å². The van der Waals surface area contributed by atoms with E-state index in [9.17, 15) is 0 Å². The molecule has 2 saturated heterocycles. The summed E-state index contributed by atoms with van der Waals surface area (Å²) in [7, 11) is 0. The summed E-state index contributed by atoms with van der Waals surface area (Å²) in [6, 6.07) is 0.844. The van der Waals surface area contributed by atoms with E-state index < -0.39 is 0 Å². The fourth-order valence-electron chi connectivity index (χ4n) is 4.37. The third kappa shape index (κ3) is 4.12. The van der Waals surface area contributed by atoms with Gasteiger partial charge in [0.1, 0.15) is 0 Å². The molecule has 0 radical (unpaired) electrons. The predicted molar refractivity (Wildman–Crippen MR) is 101 cm³/mol. The molecule has 0 amide bonds. The van der Waals surface area contributed by atoms with E-state index in [1.54, 1.807) is 0 Å². The molecular formula is C18H29N3S2. The molecule has 128 valence electrons. The average molecular weight is 352 g/mol. The van der Waals surface area contributed by atoms with E-state index in [2.05, 4.69) is 26.9 Å². The van der Waals surface area contributed by atoms with Crippen molar-refractivity contribution in [1.29, 1.82) is 0 Å². The van der Waals surface area contributed by atoms with Crippen LogP contribution >= 0.6 is 23.1 Å². The molecule has 23 heavy (non-hydrogen) atoms. The van der Waals surface area contributed by atoms with Crippen molar-refractivity contribution >= 4 is 23.1 Å². The van der Waals surface area contributed by atoms with Crippen molar-refractivity contribution in [3.8, 4) is 0 Å². The highest BCUT2D eigenvalue weighted by Crippen LogP contribution is 2.35. The zero-order valence-electron chi connectivity index (χ0n) is 14.1. The molecule has 0 N–H and O–H groups in total. The molecule has 0 bridgehead atoms. The molecule has 2 aliphatic heterocycles. The van der Waals surface area contributed by atoms with Gasteiger partial charge in [-0.15, -0.1) is 11.3 Å². The van der Waals surface area contributed by atoms with Crippen LogP contribution in [0.25, 0.3) is 0 Å². The van der Waals surface area contributed by atoms with Gasteiger partial charge in [0.2, 0.25) is 0 Å². The molecule has 0 unspecified atom stereocenters. The number of hydrogen-bond donors (Lipinski definition) is 0. The lowest BCUT2D eigenvalue weighted by Gasteiger charge is -2.39. The standard InChI is InChI=1S/C18H29N3S2/c1-2-4-15(3-1)18-19-16(14-23-18)13-20-7-5-17(6-8-20)21-9-11-22-12-10-21/h14-15,17H,1-13H2. The van der Waals surface area contributed by atoms with Crippen molar-refractivity contribution in [2.75, 3.05) is 37.7 Å². The zero-order chi connectivity index (χ0) is 15.5. The van der Waals surface area contributed by atoms with Gasteiger partial charge in [-0.05, 0) is 25.7 Å². The van der Waals surface area contributed by atoms with E-state index in [1.165, 1.54) is 86.9 Å². The topological polar surface area (TPSA) is 19.4 Å². The first kappa shape index (κ1) is 16.4. The lowest BCUT2D eigenvalue weighted by atomic mass is 10.0. The fourth-order valence-corrected chi connectivity index (χ4v) is 6.28. The van der Waals surface area contributed by atoms with E-state index >= 15 is 0 Å². The number of hydrogen-bond acceptors (Lipinski definition) is 5. The molecule has 3 nitrogen and oxygen atoms in total. The van der Waals surface area contributed by atoms with Gasteiger partial charge < -0.3 is 0 Å². The molecular weight excluding hydrogens is 322 g/mol. The Morgan fingerprint density at radius 1 is 1.00 bits per heavy atom. The first-order valence-electron chi connectivity index (χ1n) is 9.37. The van der Waals surface area contributed by atoms with Gasteiger partial charge in [0.05, 0.1) is 10.7 Å². The van der Waals surface area contributed by atoms with Crippen molar-refractivity contribution in [2.24, 2.45) is 0 Å². The van der Waals surface area contributed by atoms with Crippen LogP contribution < -0.4 is 0 Å². The molecule has 1 aliphatic carbocycles. The monoisotopic (exact) mass is 351 g/mol. The minimum Gasteiger partial charge on any atom is -0.299 e.